The number of rotatable bonds is 2. The van der Waals surface area contributed by atoms with E-state index in [1.165, 1.54) is 35.0 Å². The van der Waals surface area contributed by atoms with Gasteiger partial charge >= 0.3 is 0 Å². The average Bonchev–Trinajstić information content (AvgIpc) is 3.14. The molecule has 0 radical (unpaired) electrons. The van der Waals surface area contributed by atoms with Gasteiger partial charge in [0.05, 0.1) is 5.52 Å². The zero-order chi connectivity index (χ0) is 16.1. The first-order chi connectivity index (χ1) is 11.8. The zero-order valence-corrected chi connectivity index (χ0v) is 13.9. The monoisotopic (exact) mass is 315 g/mol. The molecule has 4 heterocycles. The Morgan fingerprint density at radius 3 is 2.96 bits per heavy atom. The van der Waals surface area contributed by atoms with E-state index in [2.05, 4.69) is 63.5 Å². The molecule has 0 saturated carbocycles. The number of hydrogen-bond acceptors (Lipinski definition) is 2. The molecule has 2 aromatic heterocycles. The predicted octanol–water partition coefficient (Wildman–Crippen LogP) is 4.32. The molecule has 0 amide bonds. The summed E-state index contributed by atoms with van der Waals surface area (Å²) >= 11 is 0. The standard InChI is InChI=1S/C21H21N3/c1-14-6-7-15(13-22-14)10-11-24-19-5-3-2-4-17(19)21-18-9-8-16(23-18)12-20(21)24/h2-7,10-11,13,16,18,23H,8-9,12H2,1H3. The number of benzene rings is 1. The average molecular weight is 315 g/mol. The van der Waals surface area contributed by atoms with Crippen molar-refractivity contribution in [2.75, 3.05) is 0 Å². The van der Waals surface area contributed by atoms with Crippen molar-refractivity contribution in [2.45, 2.75) is 38.3 Å². The fourth-order valence-corrected chi connectivity index (χ4v) is 4.29. The summed E-state index contributed by atoms with van der Waals surface area (Å²) in [5.41, 5.74) is 6.51. The highest BCUT2D eigenvalue weighted by Crippen LogP contribution is 2.41. The fourth-order valence-electron chi connectivity index (χ4n) is 4.29. The van der Waals surface area contributed by atoms with E-state index in [1.54, 1.807) is 0 Å². The second-order valence-corrected chi connectivity index (χ2v) is 6.99. The largest absolute Gasteiger partial charge is 0.320 e. The van der Waals surface area contributed by atoms with Gasteiger partial charge in [0, 0.05) is 47.7 Å². The first kappa shape index (κ1) is 14.0. The Bertz CT molecular complexity index is 934. The van der Waals surface area contributed by atoms with E-state index >= 15 is 0 Å². The highest BCUT2D eigenvalue weighted by molar-refractivity contribution is 5.89. The number of fused-ring (bicyclic) bond motifs is 6. The molecule has 5 rings (SSSR count). The quantitative estimate of drug-likeness (QED) is 0.763. The second-order valence-electron chi connectivity index (χ2n) is 6.99. The molecule has 0 spiro atoms. The van der Waals surface area contributed by atoms with Crippen LogP contribution in [0.5, 0.6) is 0 Å². The number of aryl methyl sites for hydroxylation is 1. The highest BCUT2D eigenvalue weighted by Gasteiger charge is 2.35. The molecule has 3 heteroatoms. The summed E-state index contributed by atoms with van der Waals surface area (Å²) < 4.78 is 2.40. The van der Waals surface area contributed by atoms with Gasteiger partial charge in [0.2, 0.25) is 0 Å². The summed E-state index contributed by atoms with van der Waals surface area (Å²) in [6, 6.07) is 14.2. The molecule has 1 saturated heterocycles. The molecule has 1 fully saturated rings. The molecule has 2 aliphatic heterocycles. The van der Waals surface area contributed by atoms with Crippen molar-refractivity contribution in [2.24, 2.45) is 0 Å². The van der Waals surface area contributed by atoms with Crippen LogP contribution in [0.2, 0.25) is 0 Å². The molecule has 24 heavy (non-hydrogen) atoms. The topological polar surface area (TPSA) is 29.9 Å². The zero-order valence-electron chi connectivity index (χ0n) is 13.9. The van der Waals surface area contributed by atoms with Gasteiger partial charge in [-0.3, -0.25) is 4.98 Å². The Labute approximate surface area is 142 Å². The molecular weight excluding hydrogens is 294 g/mol. The molecule has 3 aromatic rings. The summed E-state index contributed by atoms with van der Waals surface area (Å²) in [7, 11) is 0. The summed E-state index contributed by atoms with van der Waals surface area (Å²) in [4.78, 5) is 4.39. The van der Waals surface area contributed by atoms with Crippen LogP contribution >= 0.6 is 0 Å². The second kappa shape index (κ2) is 5.32. The Balaban J connectivity index is 1.66. The molecule has 2 aliphatic rings. The first-order valence-electron chi connectivity index (χ1n) is 8.78. The Hall–Kier alpha value is -2.39. The maximum Gasteiger partial charge on any atom is 0.0528 e. The van der Waals surface area contributed by atoms with Gasteiger partial charge in [-0.1, -0.05) is 24.3 Å². The minimum atomic E-state index is 0.527. The van der Waals surface area contributed by atoms with Crippen LogP contribution in [-0.4, -0.2) is 15.6 Å². The van der Waals surface area contributed by atoms with E-state index in [9.17, 15) is 0 Å². The number of nitrogens with zero attached hydrogens (tertiary/aromatic N) is 2. The van der Waals surface area contributed by atoms with E-state index in [1.807, 2.05) is 13.1 Å². The minimum Gasteiger partial charge on any atom is -0.320 e. The third-order valence-corrected chi connectivity index (χ3v) is 5.43. The van der Waals surface area contributed by atoms with Gasteiger partial charge < -0.3 is 9.88 Å². The molecule has 2 atom stereocenters. The van der Waals surface area contributed by atoms with Crippen LogP contribution in [0.4, 0.5) is 0 Å². The SMILES string of the molecule is Cc1ccc(C=Cn2c3c(c4ccccc42)C2CCC(C3)N2)cn1. The molecule has 1 N–H and O–H groups in total. The normalized spacial score (nSPS) is 22.4. The Morgan fingerprint density at radius 2 is 2.08 bits per heavy atom. The summed E-state index contributed by atoms with van der Waals surface area (Å²) in [5.74, 6) is 0. The summed E-state index contributed by atoms with van der Waals surface area (Å²) in [6.45, 7) is 2.02. The lowest BCUT2D eigenvalue weighted by Gasteiger charge is -2.23. The van der Waals surface area contributed by atoms with Crippen LogP contribution in [0.3, 0.4) is 0 Å². The van der Waals surface area contributed by atoms with Gasteiger partial charge in [0.15, 0.2) is 0 Å². The van der Waals surface area contributed by atoms with Gasteiger partial charge in [-0.15, -0.1) is 0 Å². The van der Waals surface area contributed by atoms with E-state index in [-0.39, 0.29) is 0 Å². The lowest BCUT2D eigenvalue weighted by molar-refractivity contribution is 0.509. The van der Waals surface area contributed by atoms with E-state index in [0.717, 1.165) is 17.7 Å². The number of pyridine rings is 1. The van der Waals surface area contributed by atoms with Crippen molar-refractivity contribution >= 4 is 23.2 Å². The lowest BCUT2D eigenvalue weighted by atomic mass is 9.99. The van der Waals surface area contributed by atoms with Gasteiger partial charge in [-0.05, 0) is 49.1 Å². The van der Waals surface area contributed by atoms with Crippen LogP contribution < -0.4 is 5.32 Å². The van der Waals surface area contributed by atoms with Crippen molar-refractivity contribution in [3.63, 3.8) is 0 Å². The third kappa shape index (κ3) is 2.12. The maximum absolute atomic E-state index is 4.39. The van der Waals surface area contributed by atoms with E-state index in [4.69, 9.17) is 0 Å². The molecule has 120 valence electrons. The van der Waals surface area contributed by atoms with Gasteiger partial charge in [0.25, 0.3) is 0 Å². The maximum atomic E-state index is 4.39. The van der Waals surface area contributed by atoms with Crippen LogP contribution in [0, 0.1) is 6.92 Å². The van der Waals surface area contributed by atoms with Crippen molar-refractivity contribution in [1.29, 1.82) is 0 Å². The van der Waals surface area contributed by atoms with E-state index < -0.39 is 0 Å². The first-order valence-corrected chi connectivity index (χ1v) is 8.78. The van der Waals surface area contributed by atoms with Crippen molar-refractivity contribution in [1.82, 2.24) is 14.9 Å². The minimum absolute atomic E-state index is 0.527. The van der Waals surface area contributed by atoms with Crippen LogP contribution in [-0.2, 0) is 6.42 Å². The van der Waals surface area contributed by atoms with Crippen LogP contribution in [0.1, 0.15) is 41.4 Å². The molecule has 2 bridgehead atoms. The lowest BCUT2D eigenvalue weighted by Crippen LogP contribution is -2.32. The molecule has 3 nitrogen and oxygen atoms in total. The van der Waals surface area contributed by atoms with Gasteiger partial charge in [-0.25, -0.2) is 0 Å². The molecular formula is C21H21N3. The predicted molar refractivity (Wildman–Crippen MR) is 98.7 cm³/mol. The Kier molecular flexibility index (Phi) is 3.10. The molecule has 2 unspecified atom stereocenters. The van der Waals surface area contributed by atoms with Crippen molar-refractivity contribution in [3.8, 4) is 0 Å². The number of aromatic nitrogens is 2. The summed E-state index contributed by atoms with van der Waals surface area (Å²) in [5, 5.41) is 5.18. The van der Waals surface area contributed by atoms with Crippen molar-refractivity contribution in [3.05, 3.63) is 65.1 Å². The summed E-state index contributed by atoms with van der Waals surface area (Å²) in [6.07, 6.45) is 10.0. The smallest absolute Gasteiger partial charge is 0.0528 e. The van der Waals surface area contributed by atoms with Crippen LogP contribution in [0.25, 0.3) is 23.2 Å². The number of para-hydroxylation sites is 1. The Morgan fingerprint density at radius 1 is 1.17 bits per heavy atom. The third-order valence-electron chi connectivity index (χ3n) is 5.43. The van der Waals surface area contributed by atoms with Gasteiger partial charge in [-0.2, -0.15) is 0 Å². The van der Waals surface area contributed by atoms with Crippen LogP contribution in [0.15, 0.2) is 42.6 Å². The van der Waals surface area contributed by atoms with Crippen molar-refractivity contribution < 1.29 is 0 Å². The number of nitrogens with one attached hydrogen (secondary N) is 1. The fraction of sp³-hybridized carbons (Fsp3) is 0.286. The van der Waals surface area contributed by atoms with E-state index in [0.29, 0.717) is 12.1 Å². The number of hydrogen-bond donors (Lipinski definition) is 1. The highest BCUT2D eigenvalue weighted by atomic mass is 15.1. The van der Waals surface area contributed by atoms with Gasteiger partial charge in [0.1, 0.15) is 0 Å². The molecule has 0 aliphatic carbocycles. The molecule has 1 aromatic carbocycles.